The molecule has 0 radical (unpaired) electrons. The highest BCUT2D eigenvalue weighted by molar-refractivity contribution is 5.92. The lowest BCUT2D eigenvalue weighted by Gasteiger charge is -2.31. The molecule has 0 unspecified atom stereocenters. The molecule has 26 heavy (non-hydrogen) atoms. The van der Waals surface area contributed by atoms with Gasteiger partial charge in [-0.25, -0.2) is 0 Å². The molecule has 4 rings (SSSR count). The molecule has 4 nitrogen and oxygen atoms in total. The zero-order chi connectivity index (χ0) is 17.9. The second-order valence-corrected chi connectivity index (χ2v) is 7.28. The largest absolute Gasteiger partial charge is 0.358 e. The molecule has 134 valence electrons. The van der Waals surface area contributed by atoms with Crippen molar-refractivity contribution >= 4 is 22.5 Å². The summed E-state index contributed by atoms with van der Waals surface area (Å²) in [7, 11) is 0. The second kappa shape index (κ2) is 7.34. The van der Waals surface area contributed by atoms with Crippen LogP contribution < -0.4 is 5.32 Å². The molecule has 1 fully saturated rings. The van der Waals surface area contributed by atoms with Gasteiger partial charge in [-0.3, -0.25) is 9.69 Å². The summed E-state index contributed by atoms with van der Waals surface area (Å²) in [5, 5.41) is 4.27. The summed E-state index contributed by atoms with van der Waals surface area (Å²) in [5.74, 6) is 0.622. The first-order valence-electron chi connectivity index (χ1n) is 9.34. The van der Waals surface area contributed by atoms with Gasteiger partial charge in [-0.2, -0.15) is 0 Å². The molecule has 0 aliphatic carbocycles. The summed E-state index contributed by atoms with van der Waals surface area (Å²) < 4.78 is 0. The fraction of sp³-hybridized carbons (Fsp3) is 0.318. The van der Waals surface area contributed by atoms with Gasteiger partial charge < -0.3 is 10.3 Å². The van der Waals surface area contributed by atoms with Gasteiger partial charge in [-0.1, -0.05) is 35.9 Å². The number of H-pyrrole nitrogens is 1. The predicted octanol–water partition coefficient (Wildman–Crippen LogP) is 4.29. The van der Waals surface area contributed by atoms with Crippen molar-refractivity contribution in [2.24, 2.45) is 0 Å². The van der Waals surface area contributed by atoms with Crippen LogP contribution in [-0.2, 0) is 4.79 Å². The number of amides is 1. The average molecular weight is 347 g/mol. The lowest BCUT2D eigenvalue weighted by atomic mass is 9.93. The zero-order valence-electron chi connectivity index (χ0n) is 15.2. The maximum Gasteiger partial charge on any atom is 0.238 e. The van der Waals surface area contributed by atoms with Crippen LogP contribution in [0.15, 0.2) is 54.6 Å². The molecule has 1 aromatic heterocycles. The minimum Gasteiger partial charge on any atom is -0.358 e. The van der Waals surface area contributed by atoms with E-state index in [9.17, 15) is 4.79 Å². The van der Waals surface area contributed by atoms with Gasteiger partial charge in [-0.15, -0.1) is 0 Å². The van der Waals surface area contributed by atoms with E-state index in [4.69, 9.17) is 0 Å². The summed E-state index contributed by atoms with van der Waals surface area (Å²) in [5.41, 5.74) is 4.60. The number of aromatic amines is 1. The molecular weight excluding hydrogens is 322 g/mol. The first kappa shape index (κ1) is 16.9. The number of piperidine rings is 1. The van der Waals surface area contributed by atoms with Crippen molar-refractivity contribution in [1.29, 1.82) is 0 Å². The topological polar surface area (TPSA) is 48.1 Å². The van der Waals surface area contributed by atoms with E-state index in [0.717, 1.165) is 31.6 Å². The number of para-hydroxylation sites is 1. The van der Waals surface area contributed by atoms with Crippen LogP contribution in [0.2, 0.25) is 0 Å². The lowest BCUT2D eigenvalue weighted by molar-refractivity contribution is -0.117. The monoisotopic (exact) mass is 347 g/mol. The minimum atomic E-state index is 0.0675. The molecule has 3 aromatic rings. The number of carbonyl (C=O) groups is 1. The van der Waals surface area contributed by atoms with Crippen LogP contribution >= 0.6 is 0 Å². The number of aryl methyl sites for hydroxylation is 1. The fourth-order valence-electron chi connectivity index (χ4n) is 3.76. The molecule has 1 aliphatic heterocycles. The Morgan fingerprint density at radius 1 is 1.12 bits per heavy atom. The van der Waals surface area contributed by atoms with E-state index in [1.54, 1.807) is 0 Å². The average Bonchev–Trinajstić information content (AvgIpc) is 3.08. The highest BCUT2D eigenvalue weighted by Gasteiger charge is 2.23. The highest BCUT2D eigenvalue weighted by atomic mass is 16.2. The normalized spacial score (nSPS) is 16.0. The molecule has 1 aliphatic rings. The molecule has 0 atom stereocenters. The van der Waals surface area contributed by atoms with Crippen LogP contribution in [0.3, 0.4) is 0 Å². The maximum absolute atomic E-state index is 12.3. The van der Waals surface area contributed by atoms with Crippen molar-refractivity contribution in [2.75, 3.05) is 25.0 Å². The molecule has 0 bridgehead atoms. The Labute approximate surface area is 154 Å². The number of nitrogens with one attached hydrogen (secondary N) is 2. The molecule has 0 saturated carbocycles. The molecule has 2 N–H and O–H groups in total. The first-order chi connectivity index (χ1) is 12.7. The number of hydrogen-bond donors (Lipinski definition) is 2. The van der Waals surface area contributed by atoms with E-state index in [1.807, 2.05) is 31.2 Å². The number of rotatable bonds is 4. The van der Waals surface area contributed by atoms with E-state index >= 15 is 0 Å². The van der Waals surface area contributed by atoms with Gasteiger partial charge in [-0.05, 0) is 62.5 Å². The van der Waals surface area contributed by atoms with E-state index in [-0.39, 0.29) is 5.91 Å². The predicted molar refractivity (Wildman–Crippen MR) is 107 cm³/mol. The Bertz CT molecular complexity index is 856. The summed E-state index contributed by atoms with van der Waals surface area (Å²) in [6, 6.07) is 18.6. The van der Waals surface area contributed by atoms with Gasteiger partial charge in [0.05, 0.1) is 6.54 Å². The second-order valence-electron chi connectivity index (χ2n) is 7.28. The third-order valence-corrected chi connectivity index (χ3v) is 5.28. The molecule has 4 heteroatoms. The third-order valence-electron chi connectivity index (χ3n) is 5.28. The maximum atomic E-state index is 12.3. The third kappa shape index (κ3) is 3.81. The first-order valence-corrected chi connectivity index (χ1v) is 9.34. The number of anilines is 1. The van der Waals surface area contributed by atoms with Crippen LogP contribution in [-0.4, -0.2) is 35.4 Å². The number of benzene rings is 2. The number of likely N-dealkylation sites (tertiary alicyclic amines) is 1. The Kier molecular flexibility index (Phi) is 4.76. The fourth-order valence-corrected chi connectivity index (χ4v) is 3.76. The smallest absolute Gasteiger partial charge is 0.238 e. The van der Waals surface area contributed by atoms with Crippen molar-refractivity contribution < 1.29 is 4.79 Å². The molecule has 2 heterocycles. The molecule has 2 aromatic carbocycles. The number of hydrogen-bond acceptors (Lipinski definition) is 2. The van der Waals surface area contributed by atoms with Crippen LogP contribution in [0.25, 0.3) is 10.9 Å². The van der Waals surface area contributed by atoms with Crippen molar-refractivity contribution in [1.82, 2.24) is 9.88 Å². The Morgan fingerprint density at radius 2 is 1.85 bits per heavy atom. The molecular formula is C22H25N3O. The number of fused-ring (bicyclic) bond motifs is 1. The molecule has 0 spiro atoms. The van der Waals surface area contributed by atoms with E-state index < -0.39 is 0 Å². The number of nitrogens with zero attached hydrogens (tertiary/aromatic N) is 1. The van der Waals surface area contributed by atoms with E-state index in [2.05, 4.69) is 45.5 Å². The lowest BCUT2D eigenvalue weighted by Crippen LogP contribution is -2.38. The van der Waals surface area contributed by atoms with Crippen molar-refractivity contribution in [2.45, 2.75) is 25.7 Å². The minimum absolute atomic E-state index is 0.0675. The van der Waals surface area contributed by atoms with Gasteiger partial charge in [0.2, 0.25) is 5.91 Å². The summed E-state index contributed by atoms with van der Waals surface area (Å²) in [6.45, 7) is 4.43. The van der Waals surface area contributed by atoms with Crippen LogP contribution in [0.4, 0.5) is 5.69 Å². The van der Waals surface area contributed by atoms with Crippen LogP contribution in [0, 0.1) is 6.92 Å². The summed E-state index contributed by atoms with van der Waals surface area (Å²) in [4.78, 5) is 18.1. The van der Waals surface area contributed by atoms with Gasteiger partial charge >= 0.3 is 0 Å². The SMILES string of the molecule is Cc1ccc(NC(=O)CN2CCC(c3cc4ccccc4[nH]3)CC2)cc1. The standard InChI is InChI=1S/C22H25N3O/c1-16-6-8-19(9-7-16)23-22(26)15-25-12-10-17(11-13-25)21-14-18-4-2-3-5-20(18)24-21/h2-9,14,17,24H,10-13,15H2,1H3,(H,23,26). The van der Waals surface area contributed by atoms with E-state index in [0.29, 0.717) is 12.5 Å². The van der Waals surface area contributed by atoms with Crippen molar-refractivity contribution in [3.8, 4) is 0 Å². The summed E-state index contributed by atoms with van der Waals surface area (Å²) >= 11 is 0. The van der Waals surface area contributed by atoms with Crippen molar-refractivity contribution in [3.63, 3.8) is 0 Å². The van der Waals surface area contributed by atoms with Gasteiger partial charge in [0.1, 0.15) is 0 Å². The van der Waals surface area contributed by atoms with Crippen molar-refractivity contribution in [3.05, 3.63) is 65.9 Å². The summed E-state index contributed by atoms with van der Waals surface area (Å²) in [6.07, 6.45) is 2.18. The van der Waals surface area contributed by atoms with Gasteiger partial charge in [0.25, 0.3) is 0 Å². The van der Waals surface area contributed by atoms with Crippen LogP contribution in [0.5, 0.6) is 0 Å². The molecule has 1 amide bonds. The quantitative estimate of drug-likeness (QED) is 0.739. The Balaban J connectivity index is 1.30. The Hall–Kier alpha value is -2.59. The zero-order valence-corrected chi connectivity index (χ0v) is 15.2. The number of aromatic nitrogens is 1. The van der Waals surface area contributed by atoms with Gasteiger partial charge in [0.15, 0.2) is 0 Å². The van der Waals surface area contributed by atoms with Crippen LogP contribution in [0.1, 0.15) is 30.0 Å². The van der Waals surface area contributed by atoms with Gasteiger partial charge in [0, 0.05) is 22.8 Å². The Morgan fingerprint density at radius 3 is 2.58 bits per heavy atom. The number of carbonyl (C=O) groups excluding carboxylic acids is 1. The van der Waals surface area contributed by atoms with E-state index in [1.165, 1.54) is 22.2 Å². The molecule has 1 saturated heterocycles. The highest BCUT2D eigenvalue weighted by Crippen LogP contribution is 2.29.